The lowest BCUT2D eigenvalue weighted by Gasteiger charge is -2.19. The largest absolute Gasteiger partial charge is 0.460 e. The third-order valence-corrected chi connectivity index (χ3v) is 3.60. The molecule has 1 heterocycles. The van der Waals surface area contributed by atoms with Crippen LogP contribution in [0, 0.1) is 0 Å². The lowest BCUT2D eigenvalue weighted by atomic mass is 10.1. The maximum Gasteiger partial charge on any atom is 0.306 e. The van der Waals surface area contributed by atoms with Crippen molar-refractivity contribution in [2.24, 2.45) is 0 Å². The second kappa shape index (κ2) is 5.70. The van der Waals surface area contributed by atoms with Crippen LogP contribution < -0.4 is 0 Å². The van der Waals surface area contributed by atoms with Crippen molar-refractivity contribution in [3.05, 3.63) is 29.3 Å². The quantitative estimate of drug-likeness (QED) is 0.794. The standard InChI is InChI=1S/C15H19NO2S/c1-15(2,3)18-13(17)9-5-7-11-6-4-8-12-14(11)19-10-16-12/h4,6,8,10H,5,7,9H2,1-3H3. The molecule has 4 heteroatoms. The number of ether oxygens (including phenoxy) is 1. The zero-order valence-corrected chi connectivity index (χ0v) is 12.4. The predicted octanol–water partition coefficient (Wildman–Crippen LogP) is 3.96. The lowest BCUT2D eigenvalue weighted by molar-refractivity contribution is -0.154. The van der Waals surface area contributed by atoms with Gasteiger partial charge < -0.3 is 4.74 Å². The number of thiazole rings is 1. The van der Waals surface area contributed by atoms with E-state index in [4.69, 9.17) is 4.74 Å². The molecule has 0 aliphatic carbocycles. The van der Waals surface area contributed by atoms with Crippen LogP contribution in [0.2, 0.25) is 0 Å². The van der Waals surface area contributed by atoms with Gasteiger partial charge in [0.25, 0.3) is 0 Å². The summed E-state index contributed by atoms with van der Waals surface area (Å²) in [6.07, 6.45) is 2.16. The number of hydrogen-bond donors (Lipinski definition) is 0. The predicted molar refractivity (Wildman–Crippen MR) is 78.4 cm³/mol. The van der Waals surface area contributed by atoms with E-state index < -0.39 is 5.60 Å². The van der Waals surface area contributed by atoms with E-state index in [0.29, 0.717) is 6.42 Å². The topological polar surface area (TPSA) is 39.2 Å². The number of benzene rings is 1. The molecule has 0 aliphatic heterocycles. The fourth-order valence-corrected chi connectivity index (χ4v) is 2.79. The second-order valence-electron chi connectivity index (χ2n) is 5.56. The van der Waals surface area contributed by atoms with Gasteiger partial charge in [0.05, 0.1) is 15.7 Å². The fraction of sp³-hybridized carbons (Fsp3) is 0.467. The Hall–Kier alpha value is -1.42. The van der Waals surface area contributed by atoms with E-state index in [2.05, 4.69) is 11.1 Å². The van der Waals surface area contributed by atoms with Gasteiger partial charge in [-0.2, -0.15) is 0 Å². The summed E-state index contributed by atoms with van der Waals surface area (Å²) in [6, 6.07) is 6.14. The second-order valence-corrected chi connectivity index (χ2v) is 6.41. The minimum atomic E-state index is -0.394. The van der Waals surface area contributed by atoms with Crippen LogP contribution in [0.5, 0.6) is 0 Å². The number of nitrogens with zero attached hydrogens (tertiary/aromatic N) is 1. The molecule has 102 valence electrons. The van der Waals surface area contributed by atoms with Gasteiger partial charge >= 0.3 is 5.97 Å². The molecule has 2 aromatic rings. The third kappa shape index (κ3) is 4.03. The number of esters is 1. The molecule has 0 fully saturated rings. The van der Waals surface area contributed by atoms with Crippen molar-refractivity contribution < 1.29 is 9.53 Å². The molecule has 0 spiro atoms. The van der Waals surface area contributed by atoms with E-state index in [-0.39, 0.29) is 5.97 Å². The van der Waals surface area contributed by atoms with E-state index in [1.807, 2.05) is 38.4 Å². The minimum absolute atomic E-state index is 0.121. The van der Waals surface area contributed by atoms with Gasteiger partial charge in [0.2, 0.25) is 0 Å². The van der Waals surface area contributed by atoms with Crippen molar-refractivity contribution in [2.75, 3.05) is 0 Å². The highest BCUT2D eigenvalue weighted by atomic mass is 32.1. The minimum Gasteiger partial charge on any atom is -0.460 e. The first-order valence-electron chi connectivity index (χ1n) is 6.49. The van der Waals surface area contributed by atoms with Gasteiger partial charge in [-0.3, -0.25) is 4.79 Å². The van der Waals surface area contributed by atoms with Gasteiger partial charge in [-0.15, -0.1) is 11.3 Å². The summed E-state index contributed by atoms with van der Waals surface area (Å²) in [4.78, 5) is 15.9. The maximum atomic E-state index is 11.6. The molecule has 0 radical (unpaired) electrons. The molecule has 1 aromatic heterocycles. The van der Waals surface area contributed by atoms with Crippen molar-refractivity contribution in [3.63, 3.8) is 0 Å². The first-order valence-corrected chi connectivity index (χ1v) is 7.36. The highest BCUT2D eigenvalue weighted by Gasteiger charge is 2.15. The van der Waals surface area contributed by atoms with Crippen LogP contribution in [-0.4, -0.2) is 16.6 Å². The van der Waals surface area contributed by atoms with Crippen LogP contribution in [0.3, 0.4) is 0 Å². The average molecular weight is 277 g/mol. The monoisotopic (exact) mass is 277 g/mol. The molecular formula is C15H19NO2S. The Kier molecular flexibility index (Phi) is 4.20. The molecule has 0 atom stereocenters. The van der Waals surface area contributed by atoms with Gasteiger partial charge in [-0.1, -0.05) is 12.1 Å². The van der Waals surface area contributed by atoms with E-state index >= 15 is 0 Å². The zero-order chi connectivity index (χ0) is 13.9. The molecule has 0 unspecified atom stereocenters. The normalized spacial score (nSPS) is 11.7. The number of aromatic nitrogens is 1. The Morgan fingerprint density at radius 1 is 1.37 bits per heavy atom. The van der Waals surface area contributed by atoms with Gasteiger partial charge in [0.1, 0.15) is 5.60 Å². The van der Waals surface area contributed by atoms with E-state index in [9.17, 15) is 4.79 Å². The van der Waals surface area contributed by atoms with Crippen LogP contribution in [0.25, 0.3) is 10.2 Å². The molecule has 0 saturated carbocycles. The zero-order valence-electron chi connectivity index (χ0n) is 11.6. The molecular weight excluding hydrogens is 258 g/mol. The summed E-state index contributed by atoms with van der Waals surface area (Å²) >= 11 is 1.66. The van der Waals surface area contributed by atoms with E-state index in [1.165, 1.54) is 10.3 Å². The van der Waals surface area contributed by atoms with Gasteiger partial charge in [0, 0.05) is 6.42 Å². The number of carbonyl (C=O) groups excluding carboxylic acids is 1. The van der Waals surface area contributed by atoms with Crippen molar-refractivity contribution in [3.8, 4) is 0 Å². The Morgan fingerprint density at radius 3 is 2.89 bits per heavy atom. The molecule has 1 aromatic carbocycles. The molecule has 2 rings (SSSR count). The highest BCUT2D eigenvalue weighted by Crippen LogP contribution is 2.23. The molecule has 0 N–H and O–H groups in total. The van der Waals surface area contributed by atoms with Crippen LogP contribution >= 0.6 is 11.3 Å². The summed E-state index contributed by atoms with van der Waals surface area (Å²) in [5, 5.41) is 0. The van der Waals surface area contributed by atoms with Crippen molar-refractivity contribution in [2.45, 2.75) is 45.6 Å². The summed E-state index contributed by atoms with van der Waals surface area (Å²) < 4.78 is 6.53. The van der Waals surface area contributed by atoms with Gasteiger partial charge in [-0.25, -0.2) is 4.98 Å². The number of hydrogen-bond acceptors (Lipinski definition) is 4. The molecule has 0 amide bonds. The number of fused-ring (bicyclic) bond motifs is 1. The van der Waals surface area contributed by atoms with Crippen LogP contribution in [0.15, 0.2) is 23.7 Å². The van der Waals surface area contributed by atoms with Crippen LogP contribution in [0.1, 0.15) is 39.2 Å². The Morgan fingerprint density at radius 2 is 2.16 bits per heavy atom. The number of carbonyl (C=O) groups is 1. The molecule has 3 nitrogen and oxygen atoms in total. The highest BCUT2D eigenvalue weighted by molar-refractivity contribution is 7.16. The van der Waals surface area contributed by atoms with Crippen molar-refractivity contribution in [1.29, 1.82) is 0 Å². The maximum absolute atomic E-state index is 11.6. The fourth-order valence-electron chi connectivity index (χ4n) is 1.96. The van der Waals surface area contributed by atoms with Gasteiger partial charge in [0.15, 0.2) is 0 Å². The summed E-state index contributed by atoms with van der Waals surface area (Å²) in [5.74, 6) is -0.121. The molecule has 19 heavy (non-hydrogen) atoms. The third-order valence-electron chi connectivity index (χ3n) is 2.69. The lowest BCUT2D eigenvalue weighted by Crippen LogP contribution is -2.23. The SMILES string of the molecule is CC(C)(C)OC(=O)CCCc1cccc2ncsc12. The Balaban J connectivity index is 1.89. The summed E-state index contributed by atoms with van der Waals surface area (Å²) in [7, 11) is 0. The summed E-state index contributed by atoms with van der Waals surface area (Å²) in [5.41, 5.74) is 3.78. The first-order chi connectivity index (χ1) is 8.96. The Bertz CT molecular complexity index is 569. The summed E-state index contributed by atoms with van der Waals surface area (Å²) in [6.45, 7) is 5.68. The van der Waals surface area contributed by atoms with E-state index in [0.717, 1.165) is 18.4 Å². The van der Waals surface area contributed by atoms with Crippen molar-refractivity contribution in [1.82, 2.24) is 4.98 Å². The molecule has 0 bridgehead atoms. The molecule has 0 aliphatic rings. The van der Waals surface area contributed by atoms with Crippen LogP contribution in [0.4, 0.5) is 0 Å². The van der Waals surface area contributed by atoms with Gasteiger partial charge in [-0.05, 0) is 45.2 Å². The van der Waals surface area contributed by atoms with Crippen molar-refractivity contribution >= 4 is 27.5 Å². The number of rotatable bonds is 4. The first kappa shape index (κ1) is 14.0. The van der Waals surface area contributed by atoms with E-state index in [1.54, 1.807) is 11.3 Å². The van der Waals surface area contributed by atoms with Crippen LogP contribution in [-0.2, 0) is 16.0 Å². The molecule has 0 saturated heterocycles. The Labute approximate surface area is 117 Å². The number of aryl methyl sites for hydroxylation is 1. The average Bonchev–Trinajstić information content (AvgIpc) is 2.75. The smallest absolute Gasteiger partial charge is 0.306 e.